The molecule has 0 aliphatic carbocycles. The van der Waals surface area contributed by atoms with Gasteiger partial charge in [0.25, 0.3) is 0 Å². The van der Waals surface area contributed by atoms with Gasteiger partial charge in [-0.05, 0) is 142 Å². The van der Waals surface area contributed by atoms with Crippen LogP contribution in [0.2, 0.25) is 0 Å². The first kappa shape index (κ1) is 42.3. The third-order valence-corrected chi connectivity index (χ3v) is 14.9. The molecule has 0 bridgehead atoms. The number of aryl methyl sites for hydroxylation is 1. The number of hydrogen-bond donors (Lipinski definition) is 0. The fraction of sp³-hybridized carbons (Fsp3) is 0.270. The SMILES string of the molecule is Cc1ccccc1-c1ccc2c(c1)B1c3c(cc(-c4cc(C(C)(C)C)cc(C(C)(C)C)c4)cc3N2c2cc(C(C)(C)C)cc(C(C)(C)C)c2)-c2cccc3c4c5ccccc5ccc4n1c23. The van der Waals surface area contributed by atoms with E-state index in [2.05, 4.69) is 245 Å². The predicted octanol–water partition coefficient (Wildman–Crippen LogP) is 16.2. The van der Waals surface area contributed by atoms with E-state index in [4.69, 9.17) is 0 Å². The molecule has 11 rings (SSSR count). The van der Waals surface area contributed by atoms with Crippen LogP contribution in [-0.4, -0.2) is 11.3 Å². The zero-order valence-corrected chi connectivity index (χ0v) is 41.3. The molecule has 2 aliphatic rings. The van der Waals surface area contributed by atoms with Crippen LogP contribution in [0.4, 0.5) is 17.1 Å². The predicted molar refractivity (Wildman–Crippen MR) is 288 cm³/mol. The number of anilines is 3. The summed E-state index contributed by atoms with van der Waals surface area (Å²) in [5, 5.41) is 5.22. The Morgan fingerprint density at radius 1 is 0.424 bits per heavy atom. The first-order chi connectivity index (χ1) is 31.2. The first-order valence-electron chi connectivity index (χ1n) is 24.1. The van der Waals surface area contributed by atoms with E-state index in [0.717, 1.165) is 0 Å². The van der Waals surface area contributed by atoms with Crippen molar-refractivity contribution < 1.29 is 0 Å². The third kappa shape index (κ3) is 6.59. The number of hydrogen-bond acceptors (Lipinski definition) is 1. The molecule has 8 aromatic carbocycles. The van der Waals surface area contributed by atoms with Gasteiger partial charge in [0.05, 0.1) is 0 Å². The first-order valence-corrected chi connectivity index (χ1v) is 24.1. The number of nitrogens with zero attached hydrogens (tertiary/aromatic N) is 2. The molecule has 2 aliphatic heterocycles. The lowest BCUT2D eigenvalue weighted by Gasteiger charge is -2.42. The Balaban J connectivity index is 1.32. The molecule has 3 heterocycles. The smallest absolute Gasteiger partial charge is 0.333 e. The van der Waals surface area contributed by atoms with Crippen LogP contribution in [0.3, 0.4) is 0 Å². The number of aromatic nitrogens is 1. The van der Waals surface area contributed by atoms with Crippen molar-refractivity contribution in [2.45, 2.75) is 112 Å². The molecule has 3 heteroatoms. The zero-order valence-electron chi connectivity index (χ0n) is 41.3. The Morgan fingerprint density at radius 2 is 1.00 bits per heavy atom. The fourth-order valence-corrected chi connectivity index (χ4v) is 11.0. The van der Waals surface area contributed by atoms with Gasteiger partial charge in [0, 0.05) is 44.4 Å². The van der Waals surface area contributed by atoms with E-state index in [9.17, 15) is 0 Å². The van der Waals surface area contributed by atoms with E-state index < -0.39 is 0 Å². The molecule has 0 unspecified atom stereocenters. The van der Waals surface area contributed by atoms with Gasteiger partial charge in [0.15, 0.2) is 0 Å². The average molecular weight is 859 g/mol. The maximum absolute atomic E-state index is 2.72. The molecule has 328 valence electrons. The second-order valence-corrected chi connectivity index (χ2v) is 23.6. The highest BCUT2D eigenvalue weighted by Gasteiger charge is 2.44. The summed E-state index contributed by atoms with van der Waals surface area (Å²) in [6.07, 6.45) is 0. The Bertz CT molecular complexity index is 3410. The lowest BCUT2D eigenvalue weighted by atomic mass is 9.44. The van der Waals surface area contributed by atoms with E-state index in [1.165, 1.54) is 122 Å². The normalized spacial score (nSPS) is 13.8. The molecule has 0 N–H and O–H groups in total. The van der Waals surface area contributed by atoms with Crippen LogP contribution in [0.25, 0.3) is 66.0 Å². The van der Waals surface area contributed by atoms with Crippen LogP contribution in [0.1, 0.15) is 111 Å². The topological polar surface area (TPSA) is 8.17 Å². The molecule has 0 saturated heterocycles. The van der Waals surface area contributed by atoms with Gasteiger partial charge in [-0.25, -0.2) is 0 Å². The van der Waals surface area contributed by atoms with Crippen LogP contribution in [0, 0.1) is 6.92 Å². The highest BCUT2D eigenvalue weighted by atomic mass is 15.2. The highest BCUT2D eigenvalue weighted by molar-refractivity contribution is 6.90. The van der Waals surface area contributed by atoms with Gasteiger partial charge >= 0.3 is 6.85 Å². The second kappa shape index (κ2) is 14.3. The largest absolute Gasteiger partial charge is 0.375 e. The van der Waals surface area contributed by atoms with Gasteiger partial charge in [-0.2, -0.15) is 0 Å². The van der Waals surface area contributed by atoms with Crippen LogP contribution < -0.4 is 15.8 Å². The molecule has 0 radical (unpaired) electrons. The summed E-state index contributed by atoms with van der Waals surface area (Å²) < 4.78 is 2.72. The third-order valence-electron chi connectivity index (χ3n) is 14.9. The Morgan fingerprint density at radius 3 is 1.65 bits per heavy atom. The Labute approximate surface area is 393 Å². The maximum Gasteiger partial charge on any atom is 0.333 e. The van der Waals surface area contributed by atoms with Crippen LogP contribution in [0.5, 0.6) is 0 Å². The fourth-order valence-electron chi connectivity index (χ4n) is 11.0. The van der Waals surface area contributed by atoms with Crippen molar-refractivity contribution in [3.63, 3.8) is 0 Å². The number of para-hydroxylation sites is 1. The lowest BCUT2D eigenvalue weighted by Crippen LogP contribution is -2.56. The summed E-state index contributed by atoms with van der Waals surface area (Å²) in [5.41, 5.74) is 23.2. The minimum atomic E-state index is -0.0748. The average Bonchev–Trinajstić information content (AvgIpc) is 3.61. The molecular weight excluding hydrogens is 796 g/mol. The Kier molecular flexibility index (Phi) is 9.20. The van der Waals surface area contributed by atoms with Crippen molar-refractivity contribution in [3.8, 4) is 33.4 Å². The number of rotatable bonds is 3. The summed E-state index contributed by atoms with van der Waals surface area (Å²) in [7, 11) is 0. The van der Waals surface area contributed by atoms with Gasteiger partial charge in [-0.1, -0.05) is 192 Å². The van der Waals surface area contributed by atoms with E-state index >= 15 is 0 Å². The highest BCUT2D eigenvalue weighted by Crippen LogP contribution is 2.49. The van der Waals surface area contributed by atoms with Gasteiger partial charge in [0.2, 0.25) is 0 Å². The van der Waals surface area contributed by atoms with Crippen molar-refractivity contribution in [2.75, 3.05) is 4.90 Å². The van der Waals surface area contributed by atoms with E-state index in [-0.39, 0.29) is 28.5 Å². The molecule has 0 atom stereocenters. The summed E-state index contributed by atoms with van der Waals surface area (Å²) in [5.74, 6) is 0. The number of fused-ring (bicyclic) bond motifs is 9. The van der Waals surface area contributed by atoms with Crippen molar-refractivity contribution in [2.24, 2.45) is 0 Å². The Hall–Kier alpha value is -6.32. The quantitative estimate of drug-likeness (QED) is 0.161. The second-order valence-electron chi connectivity index (χ2n) is 23.6. The monoisotopic (exact) mass is 859 g/mol. The summed E-state index contributed by atoms with van der Waals surface area (Å²) >= 11 is 0. The minimum absolute atomic E-state index is 0.0184. The van der Waals surface area contributed by atoms with E-state index in [0.29, 0.717) is 0 Å². The summed E-state index contributed by atoms with van der Waals surface area (Å²) in [6, 6.07) is 56.9. The van der Waals surface area contributed by atoms with Crippen molar-refractivity contribution in [3.05, 3.63) is 173 Å². The zero-order chi connectivity index (χ0) is 46.4. The molecule has 0 fully saturated rings. The molecule has 66 heavy (non-hydrogen) atoms. The molecule has 9 aromatic rings. The molecule has 0 spiro atoms. The molecule has 0 saturated carbocycles. The van der Waals surface area contributed by atoms with Crippen molar-refractivity contribution in [1.29, 1.82) is 0 Å². The van der Waals surface area contributed by atoms with Crippen molar-refractivity contribution >= 4 is 67.4 Å². The van der Waals surface area contributed by atoms with Crippen LogP contribution >= 0.6 is 0 Å². The van der Waals surface area contributed by atoms with Gasteiger partial charge in [-0.15, -0.1) is 0 Å². The summed E-state index contributed by atoms with van der Waals surface area (Å²) in [4.78, 5) is 2.64. The summed E-state index contributed by atoms with van der Waals surface area (Å²) in [6.45, 7) is 30.4. The number of benzene rings is 8. The standard InChI is InChI=1S/C63H63BN2/c1-38-19-14-16-21-48(38)40-26-27-54-53(32-40)64-58-52(50-23-18-24-51-57-49-22-17-15-20-39(49)25-28-55(57)66(64)59(50)51)31-42(41-29-43(60(2,3)4)34-44(30-41)61(5,6)7)33-56(58)65(54)47-36-45(62(8,9)10)35-46(37-47)63(11,12)13/h14-37H,1-13H3. The van der Waals surface area contributed by atoms with Gasteiger partial charge < -0.3 is 9.38 Å². The minimum Gasteiger partial charge on any atom is -0.375 e. The van der Waals surface area contributed by atoms with Gasteiger partial charge in [-0.3, -0.25) is 0 Å². The molecule has 0 amide bonds. The molecule has 2 nitrogen and oxygen atoms in total. The van der Waals surface area contributed by atoms with E-state index in [1.807, 2.05) is 0 Å². The van der Waals surface area contributed by atoms with Crippen LogP contribution in [-0.2, 0) is 21.7 Å². The van der Waals surface area contributed by atoms with Crippen LogP contribution in [0.15, 0.2) is 146 Å². The van der Waals surface area contributed by atoms with Crippen molar-refractivity contribution in [1.82, 2.24) is 4.48 Å². The van der Waals surface area contributed by atoms with Gasteiger partial charge in [0.1, 0.15) is 0 Å². The maximum atomic E-state index is 2.72. The molecular formula is C63H63BN2. The lowest BCUT2D eigenvalue weighted by molar-refractivity contribution is 0.568. The van der Waals surface area contributed by atoms with E-state index in [1.54, 1.807) is 0 Å². The molecule has 1 aromatic heterocycles.